The summed E-state index contributed by atoms with van der Waals surface area (Å²) in [5.41, 5.74) is 0.260. The summed E-state index contributed by atoms with van der Waals surface area (Å²) in [6, 6.07) is 2.46. The van der Waals surface area contributed by atoms with Gasteiger partial charge in [-0.3, -0.25) is 0 Å². The maximum Gasteiger partial charge on any atom is 0.387 e. The normalized spacial score (nSPS) is 14.9. The van der Waals surface area contributed by atoms with Crippen LogP contribution in [0.25, 0.3) is 11.5 Å². The van der Waals surface area contributed by atoms with Crippen molar-refractivity contribution in [1.82, 2.24) is 24.5 Å². The van der Waals surface area contributed by atoms with Crippen molar-refractivity contribution >= 4 is 16.9 Å². The SMILES string of the molecule is CC.CN(CC(Nc1ncc(-c2nnc(C(F)F)o2)cn1)c1ccc(OC(F)F)cc1F)S(=O)C1CC1. The number of hydrogen-bond acceptors (Lipinski definition) is 8. The molecule has 1 N–H and O–H groups in total. The highest BCUT2D eigenvalue weighted by molar-refractivity contribution is 7.83. The first-order valence-corrected chi connectivity index (χ1v) is 12.4. The van der Waals surface area contributed by atoms with Crippen LogP contribution in [0.4, 0.5) is 27.9 Å². The van der Waals surface area contributed by atoms with Gasteiger partial charge in [-0.05, 0) is 26.0 Å². The minimum atomic E-state index is -3.11. The molecule has 0 aliphatic heterocycles. The van der Waals surface area contributed by atoms with E-state index in [0.717, 1.165) is 18.9 Å². The molecule has 37 heavy (non-hydrogen) atoms. The average molecular weight is 549 g/mol. The van der Waals surface area contributed by atoms with Gasteiger partial charge in [0.2, 0.25) is 5.95 Å². The molecule has 0 spiro atoms. The molecule has 1 fully saturated rings. The molecule has 9 nitrogen and oxygen atoms in total. The number of anilines is 1. The minimum Gasteiger partial charge on any atom is -0.435 e. The molecule has 1 aliphatic carbocycles. The molecule has 1 saturated carbocycles. The molecule has 1 aliphatic rings. The highest BCUT2D eigenvalue weighted by Gasteiger charge is 2.32. The summed E-state index contributed by atoms with van der Waals surface area (Å²) in [7, 11) is 0.331. The average Bonchev–Trinajstić information content (AvgIpc) is 3.60. The Balaban J connectivity index is 0.00000186. The molecule has 0 amide bonds. The Hall–Kier alpha value is -3.20. The lowest BCUT2D eigenvalue weighted by Crippen LogP contribution is -2.32. The Bertz CT molecular complexity index is 1180. The predicted molar refractivity (Wildman–Crippen MR) is 125 cm³/mol. The number of benzene rings is 1. The van der Waals surface area contributed by atoms with Crippen molar-refractivity contribution in [3.8, 4) is 17.2 Å². The molecule has 0 saturated heterocycles. The Labute approximate surface area is 212 Å². The van der Waals surface area contributed by atoms with Crippen LogP contribution in [-0.4, -0.2) is 54.1 Å². The van der Waals surface area contributed by atoms with Crippen molar-refractivity contribution in [2.45, 2.75) is 51.0 Å². The largest absolute Gasteiger partial charge is 0.435 e. The van der Waals surface area contributed by atoms with Gasteiger partial charge in [0, 0.05) is 35.8 Å². The summed E-state index contributed by atoms with van der Waals surface area (Å²) in [5, 5.41) is 9.72. The van der Waals surface area contributed by atoms with Crippen LogP contribution in [0.15, 0.2) is 35.0 Å². The molecule has 3 aromatic rings. The van der Waals surface area contributed by atoms with E-state index in [0.29, 0.717) is 0 Å². The molecule has 1 aromatic carbocycles. The zero-order valence-corrected chi connectivity index (χ0v) is 20.9. The predicted octanol–water partition coefficient (Wildman–Crippen LogP) is 5.14. The maximum atomic E-state index is 14.8. The van der Waals surface area contributed by atoms with Gasteiger partial charge in [-0.25, -0.2) is 22.9 Å². The first-order chi connectivity index (χ1) is 17.7. The minimum absolute atomic E-state index is 0.0326. The monoisotopic (exact) mass is 548 g/mol. The van der Waals surface area contributed by atoms with Crippen molar-refractivity contribution in [2.24, 2.45) is 0 Å². The lowest BCUT2D eigenvalue weighted by molar-refractivity contribution is -0.0500. The maximum absolute atomic E-state index is 14.8. The Morgan fingerprint density at radius 3 is 2.38 bits per heavy atom. The number of likely N-dealkylation sites (N-methyl/N-ethyl adjacent to an activating group) is 1. The number of halogens is 5. The molecular formula is C22H25F5N6O3S. The molecule has 4 rings (SSSR count). The van der Waals surface area contributed by atoms with Crippen LogP contribution < -0.4 is 10.1 Å². The number of hydrogen-bond donors (Lipinski definition) is 1. The van der Waals surface area contributed by atoms with E-state index in [1.54, 1.807) is 11.4 Å². The molecule has 2 unspecified atom stereocenters. The Morgan fingerprint density at radius 1 is 1.16 bits per heavy atom. The summed E-state index contributed by atoms with van der Waals surface area (Å²) in [6.07, 6.45) is 1.23. The zero-order valence-electron chi connectivity index (χ0n) is 20.1. The molecule has 15 heteroatoms. The van der Waals surface area contributed by atoms with Gasteiger partial charge >= 0.3 is 13.0 Å². The standard InChI is InChI=1S/C20H19F5N6O3S.C2H6/c1-31(35(32)12-3-4-12)9-15(13-5-2-11(6-14(13)21)33-19(24)25)28-20-26-7-10(8-27-20)17-29-30-18(34-17)16(22)23;1-2/h2,5-8,12,15-16,19H,3-4,9H2,1H3,(H,26,27,28);1-2H3. The van der Waals surface area contributed by atoms with Gasteiger partial charge in [0.1, 0.15) is 11.6 Å². The van der Waals surface area contributed by atoms with Gasteiger partial charge in [0.25, 0.3) is 11.8 Å². The number of nitrogens with one attached hydrogen (secondary N) is 1. The van der Waals surface area contributed by atoms with E-state index >= 15 is 0 Å². The lowest BCUT2D eigenvalue weighted by atomic mass is 10.1. The third-order valence-corrected chi connectivity index (χ3v) is 6.76. The Morgan fingerprint density at radius 2 is 1.84 bits per heavy atom. The van der Waals surface area contributed by atoms with E-state index in [1.807, 2.05) is 13.8 Å². The fourth-order valence-electron chi connectivity index (χ4n) is 3.15. The van der Waals surface area contributed by atoms with Gasteiger partial charge in [0.05, 0.1) is 22.6 Å². The first kappa shape index (κ1) is 28.4. The smallest absolute Gasteiger partial charge is 0.387 e. The van der Waals surface area contributed by atoms with Crippen LogP contribution >= 0.6 is 0 Å². The quantitative estimate of drug-likeness (QED) is 0.328. The van der Waals surface area contributed by atoms with E-state index in [4.69, 9.17) is 4.42 Å². The summed E-state index contributed by atoms with van der Waals surface area (Å²) >= 11 is 0. The van der Waals surface area contributed by atoms with Crippen LogP contribution in [0.2, 0.25) is 0 Å². The zero-order chi connectivity index (χ0) is 27.1. The van der Waals surface area contributed by atoms with Crippen molar-refractivity contribution < 1.29 is 35.3 Å². The molecular weight excluding hydrogens is 523 g/mol. The second-order valence-electron chi connectivity index (χ2n) is 7.59. The molecule has 0 radical (unpaired) electrons. The fraction of sp³-hybridized carbons (Fsp3) is 0.455. The molecule has 202 valence electrons. The topological polar surface area (TPSA) is 106 Å². The van der Waals surface area contributed by atoms with E-state index < -0.39 is 41.8 Å². The number of ether oxygens (including phenoxy) is 1. The lowest BCUT2D eigenvalue weighted by Gasteiger charge is -2.25. The van der Waals surface area contributed by atoms with Crippen LogP contribution in [-0.2, 0) is 11.0 Å². The molecule has 0 bridgehead atoms. The van der Waals surface area contributed by atoms with Gasteiger partial charge in [-0.1, -0.05) is 19.9 Å². The van der Waals surface area contributed by atoms with Crippen LogP contribution in [0.3, 0.4) is 0 Å². The van der Waals surface area contributed by atoms with E-state index in [1.165, 1.54) is 24.5 Å². The fourth-order valence-corrected chi connectivity index (χ4v) is 4.50. The third kappa shape index (κ3) is 7.64. The van der Waals surface area contributed by atoms with Crippen molar-refractivity contribution in [3.63, 3.8) is 0 Å². The highest BCUT2D eigenvalue weighted by Crippen LogP contribution is 2.31. The van der Waals surface area contributed by atoms with E-state index in [2.05, 4.69) is 30.2 Å². The molecule has 2 aromatic heterocycles. The summed E-state index contributed by atoms with van der Waals surface area (Å²) in [5.74, 6) is -2.19. The van der Waals surface area contributed by atoms with Gasteiger partial charge < -0.3 is 14.5 Å². The first-order valence-electron chi connectivity index (χ1n) is 11.3. The number of nitrogens with zero attached hydrogens (tertiary/aromatic N) is 5. The summed E-state index contributed by atoms with van der Waals surface area (Å²) in [6.45, 7) is 0.963. The van der Waals surface area contributed by atoms with Crippen LogP contribution in [0.1, 0.15) is 50.6 Å². The number of aromatic nitrogens is 4. The third-order valence-electron chi connectivity index (χ3n) is 4.96. The van der Waals surface area contributed by atoms with Crippen LogP contribution in [0, 0.1) is 5.82 Å². The van der Waals surface area contributed by atoms with Gasteiger partial charge in [-0.15, -0.1) is 10.2 Å². The van der Waals surface area contributed by atoms with E-state index in [9.17, 15) is 26.2 Å². The van der Waals surface area contributed by atoms with E-state index in [-0.39, 0.29) is 40.5 Å². The second-order valence-corrected chi connectivity index (χ2v) is 9.43. The van der Waals surface area contributed by atoms with Gasteiger partial charge in [-0.2, -0.15) is 17.6 Å². The Kier molecular flexibility index (Phi) is 9.86. The molecule has 2 heterocycles. The second kappa shape index (κ2) is 12.9. The number of alkyl halides is 4. The van der Waals surface area contributed by atoms with Crippen LogP contribution in [0.5, 0.6) is 5.75 Å². The van der Waals surface area contributed by atoms with Crippen molar-refractivity contribution in [1.29, 1.82) is 0 Å². The highest BCUT2D eigenvalue weighted by atomic mass is 32.2. The molecule has 2 atom stereocenters. The number of rotatable bonds is 11. The summed E-state index contributed by atoms with van der Waals surface area (Å²) in [4.78, 5) is 8.16. The summed E-state index contributed by atoms with van der Waals surface area (Å²) < 4.78 is 88.3. The van der Waals surface area contributed by atoms with Crippen molar-refractivity contribution in [3.05, 3.63) is 47.9 Å². The van der Waals surface area contributed by atoms with Gasteiger partial charge in [0.15, 0.2) is 0 Å². The van der Waals surface area contributed by atoms with Crippen molar-refractivity contribution in [2.75, 3.05) is 18.9 Å².